The van der Waals surface area contributed by atoms with Crippen molar-refractivity contribution in [1.29, 1.82) is 0 Å². The first-order valence-corrected chi connectivity index (χ1v) is 21.0. The second-order valence-electron chi connectivity index (χ2n) is 20.7. The Morgan fingerprint density at radius 3 is 1.88 bits per heavy atom. The molecule has 0 saturated heterocycles. The Labute approximate surface area is 360 Å². The normalized spacial score (nSPS) is 13.8. The molecule has 0 aromatic heterocycles. The molecule has 1 atom stereocenters. The van der Waals surface area contributed by atoms with Gasteiger partial charge >= 0.3 is 0 Å². The predicted molar refractivity (Wildman–Crippen MR) is 232 cm³/mol. The summed E-state index contributed by atoms with van der Waals surface area (Å²) in [5, 5.41) is 33.8. The van der Waals surface area contributed by atoms with Crippen LogP contribution in [0.3, 0.4) is 0 Å². The van der Waals surface area contributed by atoms with Gasteiger partial charge in [0.1, 0.15) is 5.70 Å². The summed E-state index contributed by atoms with van der Waals surface area (Å²) < 4.78 is 17.9. The van der Waals surface area contributed by atoms with E-state index in [2.05, 4.69) is 26.6 Å². The van der Waals surface area contributed by atoms with Crippen LogP contribution in [0.15, 0.2) is 11.8 Å². The lowest BCUT2D eigenvalue weighted by Gasteiger charge is -2.32. The third-order valence-electron chi connectivity index (χ3n) is 9.41. The standard InChI is InChI=1S/C43H83N7O10/c1-31(21-58-27-39(4,5)22-44)19-34(53)49-32(36(55)48-25-43(12,13)60-29-38(2,3)20-35(54)47-23-40(6,7)26-51)15-16-33(52)46-24-41(8,9)28-59-30-42(10,11)37(56)45-17-18-50(14)57/h15,31,51,57H,16-30,44H2,1-14H3,(H,45,56)(H,46,52)(H,47,54)(H,48,55)(H,49,53)/b32-15+. The van der Waals surface area contributed by atoms with E-state index >= 15 is 0 Å². The minimum atomic E-state index is -0.860. The molecule has 0 aromatic rings. The molecule has 0 spiro atoms. The first kappa shape index (κ1) is 56.8. The van der Waals surface area contributed by atoms with Gasteiger partial charge < -0.3 is 56.8 Å². The molecule has 9 N–H and O–H groups in total. The smallest absolute Gasteiger partial charge is 0.267 e. The number of carbonyl (C=O) groups excluding carboxylic acids is 5. The van der Waals surface area contributed by atoms with E-state index < -0.39 is 39.1 Å². The lowest BCUT2D eigenvalue weighted by atomic mass is 9.89. The van der Waals surface area contributed by atoms with Crippen molar-refractivity contribution in [3.05, 3.63) is 11.8 Å². The molecule has 0 fully saturated rings. The summed E-state index contributed by atoms with van der Waals surface area (Å²) in [4.78, 5) is 65.0. The van der Waals surface area contributed by atoms with Gasteiger partial charge in [0.25, 0.3) is 5.91 Å². The quantitative estimate of drug-likeness (QED) is 0.0371. The second-order valence-corrected chi connectivity index (χ2v) is 20.7. The number of rotatable bonds is 31. The van der Waals surface area contributed by atoms with Crippen LogP contribution in [0.5, 0.6) is 0 Å². The van der Waals surface area contributed by atoms with Crippen LogP contribution in [0, 0.1) is 33.0 Å². The third kappa shape index (κ3) is 26.9. The zero-order valence-corrected chi connectivity index (χ0v) is 39.4. The molecular formula is C43H83N7O10. The number of amides is 5. The predicted octanol–water partition coefficient (Wildman–Crippen LogP) is 2.49. The molecule has 0 aliphatic carbocycles. The summed E-state index contributed by atoms with van der Waals surface area (Å²) in [6, 6.07) is 0. The topological polar surface area (TPSA) is 243 Å². The van der Waals surface area contributed by atoms with E-state index in [1.807, 2.05) is 62.3 Å². The van der Waals surface area contributed by atoms with E-state index in [4.69, 9.17) is 19.9 Å². The zero-order chi connectivity index (χ0) is 46.6. The van der Waals surface area contributed by atoms with Gasteiger partial charge in [0.2, 0.25) is 23.6 Å². The largest absolute Gasteiger partial charge is 0.396 e. The molecule has 0 aliphatic heterocycles. The van der Waals surface area contributed by atoms with Gasteiger partial charge in [-0.3, -0.25) is 24.0 Å². The number of nitrogens with one attached hydrogen (secondary N) is 5. The van der Waals surface area contributed by atoms with Crippen LogP contribution in [-0.2, 0) is 38.2 Å². The average molecular weight is 858 g/mol. The molecule has 0 heterocycles. The highest BCUT2D eigenvalue weighted by Gasteiger charge is 2.31. The number of aliphatic hydroxyl groups excluding tert-OH is 1. The number of likely N-dealkylation sites (N-methyl/N-ethyl adjacent to an activating group) is 1. The fourth-order valence-corrected chi connectivity index (χ4v) is 5.02. The number of hydrogen-bond acceptors (Lipinski definition) is 12. The number of ether oxygens (including phenoxy) is 3. The average Bonchev–Trinajstić information content (AvgIpc) is 3.12. The van der Waals surface area contributed by atoms with E-state index in [-0.39, 0.29) is 107 Å². The number of hydrogen-bond donors (Lipinski definition) is 8. The lowest BCUT2D eigenvalue weighted by molar-refractivity contribution is -0.134. The third-order valence-corrected chi connectivity index (χ3v) is 9.41. The highest BCUT2D eigenvalue weighted by atomic mass is 16.5. The zero-order valence-electron chi connectivity index (χ0n) is 39.4. The summed E-state index contributed by atoms with van der Waals surface area (Å²) in [7, 11) is 1.50. The van der Waals surface area contributed by atoms with Gasteiger partial charge in [-0.1, -0.05) is 62.3 Å². The summed E-state index contributed by atoms with van der Waals surface area (Å²) in [5.41, 5.74) is 2.36. The maximum Gasteiger partial charge on any atom is 0.267 e. The highest BCUT2D eigenvalue weighted by Crippen LogP contribution is 2.24. The maximum atomic E-state index is 13.6. The Morgan fingerprint density at radius 1 is 0.717 bits per heavy atom. The van der Waals surface area contributed by atoms with Gasteiger partial charge in [-0.25, -0.2) is 0 Å². The second kappa shape index (κ2) is 25.7. The van der Waals surface area contributed by atoms with E-state index in [1.54, 1.807) is 27.7 Å². The molecule has 5 amide bonds. The molecule has 17 heteroatoms. The van der Waals surface area contributed by atoms with Crippen molar-refractivity contribution in [3.63, 3.8) is 0 Å². The first-order valence-electron chi connectivity index (χ1n) is 21.0. The monoisotopic (exact) mass is 858 g/mol. The van der Waals surface area contributed by atoms with Gasteiger partial charge in [-0.2, -0.15) is 5.06 Å². The van der Waals surface area contributed by atoms with Crippen LogP contribution in [0.1, 0.15) is 109 Å². The van der Waals surface area contributed by atoms with Crippen molar-refractivity contribution >= 4 is 29.5 Å². The Bertz CT molecular complexity index is 1390. The summed E-state index contributed by atoms with van der Waals surface area (Å²) in [6.07, 6.45) is 1.44. The van der Waals surface area contributed by atoms with Crippen molar-refractivity contribution in [2.75, 3.05) is 86.0 Å². The Morgan fingerprint density at radius 2 is 1.30 bits per heavy atom. The maximum absolute atomic E-state index is 13.6. The summed E-state index contributed by atoms with van der Waals surface area (Å²) >= 11 is 0. The van der Waals surface area contributed by atoms with Gasteiger partial charge in [-0.15, -0.1) is 0 Å². The van der Waals surface area contributed by atoms with Crippen LogP contribution in [0.25, 0.3) is 0 Å². The molecular weight excluding hydrogens is 775 g/mol. The van der Waals surface area contributed by atoms with Crippen molar-refractivity contribution in [2.45, 2.75) is 115 Å². The van der Waals surface area contributed by atoms with Crippen LogP contribution >= 0.6 is 0 Å². The molecule has 0 aromatic carbocycles. The molecule has 0 radical (unpaired) electrons. The molecule has 0 bridgehead atoms. The van der Waals surface area contributed by atoms with E-state index in [9.17, 15) is 34.3 Å². The van der Waals surface area contributed by atoms with E-state index in [0.717, 1.165) is 5.06 Å². The molecule has 1 unspecified atom stereocenters. The van der Waals surface area contributed by atoms with Crippen molar-refractivity contribution in [2.24, 2.45) is 38.7 Å². The lowest BCUT2D eigenvalue weighted by Crippen LogP contribution is -2.45. The van der Waals surface area contributed by atoms with E-state index in [0.29, 0.717) is 26.3 Å². The molecule has 0 saturated carbocycles. The van der Waals surface area contributed by atoms with Crippen molar-refractivity contribution in [3.8, 4) is 0 Å². The highest BCUT2D eigenvalue weighted by molar-refractivity contribution is 5.98. The molecule has 0 rings (SSSR count). The Kier molecular flexibility index (Phi) is 24.3. The number of aliphatic hydroxyl groups is 1. The molecule has 17 nitrogen and oxygen atoms in total. The van der Waals surface area contributed by atoms with Gasteiger partial charge in [-0.05, 0) is 51.6 Å². The van der Waals surface area contributed by atoms with Crippen molar-refractivity contribution in [1.82, 2.24) is 31.6 Å². The van der Waals surface area contributed by atoms with Crippen LogP contribution in [-0.4, -0.2) is 136 Å². The Hall–Kier alpha value is -3.19. The number of carbonyl (C=O) groups is 5. The van der Waals surface area contributed by atoms with Crippen LogP contribution < -0.4 is 32.3 Å². The molecule has 60 heavy (non-hydrogen) atoms. The van der Waals surface area contributed by atoms with E-state index in [1.165, 1.54) is 13.1 Å². The Balaban J connectivity index is 5.57. The van der Waals surface area contributed by atoms with Gasteiger partial charge in [0, 0.05) is 88.5 Å². The number of nitrogens with two attached hydrogens (primary N) is 1. The first-order chi connectivity index (χ1) is 27.4. The number of hydroxylamine groups is 2. The van der Waals surface area contributed by atoms with Gasteiger partial charge in [0.05, 0.1) is 37.4 Å². The minimum absolute atomic E-state index is 0.0549. The SMILES string of the molecule is CC(COCC(C)(C)CN)CC(=O)N/C(=C/CC(=O)NCC(C)(C)COCC(C)(C)C(=O)NCCN(C)O)C(=O)NCC(C)(C)OCC(C)(C)CC(=O)NCC(C)(C)CO. The summed E-state index contributed by atoms with van der Waals surface area (Å²) in [6.45, 7) is 27.3. The molecule has 350 valence electrons. The van der Waals surface area contributed by atoms with Crippen molar-refractivity contribution < 1.29 is 48.5 Å². The van der Waals surface area contributed by atoms with Gasteiger partial charge in [0.15, 0.2) is 0 Å². The summed E-state index contributed by atoms with van der Waals surface area (Å²) in [5.74, 6) is -1.93. The van der Waals surface area contributed by atoms with Crippen LogP contribution in [0.2, 0.25) is 0 Å². The fourth-order valence-electron chi connectivity index (χ4n) is 5.02. The van der Waals surface area contributed by atoms with Crippen LogP contribution in [0.4, 0.5) is 0 Å². The number of nitrogens with zero attached hydrogens (tertiary/aromatic N) is 1. The minimum Gasteiger partial charge on any atom is -0.396 e. The molecule has 0 aliphatic rings. The fraction of sp³-hybridized carbons (Fsp3) is 0.837.